The zero-order valence-electron chi connectivity index (χ0n) is 13.8. The number of ether oxygens (including phenoxy) is 1. The van der Waals surface area contributed by atoms with Gasteiger partial charge in [0.1, 0.15) is 5.75 Å². The highest BCUT2D eigenvalue weighted by Crippen LogP contribution is 2.47. The van der Waals surface area contributed by atoms with Gasteiger partial charge in [0.05, 0.1) is 16.6 Å². The lowest BCUT2D eigenvalue weighted by Crippen LogP contribution is -2.43. The van der Waals surface area contributed by atoms with Crippen LogP contribution in [0.2, 0.25) is 5.02 Å². The average molecular weight is 403 g/mol. The van der Waals surface area contributed by atoms with Gasteiger partial charge in [0.2, 0.25) is 0 Å². The Morgan fingerprint density at radius 2 is 1.96 bits per heavy atom. The Morgan fingerprint density at radius 1 is 1.07 bits per heavy atom. The van der Waals surface area contributed by atoms with Gasteiger partial charge in [-0.05, 0) is 47.9 Å². The molecule has 0 aliphatic carbocycles. The largest absolute Gasteiger partial charge is 0.469 e. The fraction of sp³-hybridized carbons (Fsp3) is 0.100. The van der Waals surface area contributed by atoms with E-state index < -0.39 is 17.9 Å². The average Bonchev–Trinajstić information content (AvgIpc) is 3.33. The molecule has 1 N–H and O–H groups in total. The van der Waals surface area contributed by atoms with Crippen LogP contribution in [0, 0.1) is 11.6 Å². The number of fused-ring (bicyclic) bond motifs is 3. The number of hydrazine groups is 1. The maximum atomic E-state index is 13.8. The van der Waals surface area contributed by atoms with Gasteiger partial charge in [-0.15, -0.1) is 11.3 Å². The fourth-order valence-corrected chi connectivity index (χ4v) is 4.31. The van der Waals surface area contributed by atoms with Crippen LogP contribution < -0.4 is 10.2 Å². The van der Waals surface area contributed by atoms with Crippen LogP contribution in [0.3, 0.4) is 0 Å². The summed E-state index contributed by atoms with van der Waals surface area (Å²) in [5.41, 5.74) is 5.74. The van der Waals surface area contributed by atoms with Crippen LogP contribution in [0.15, 0.2) is 60.0 Å². The van der Waals surface area contributed by atoms with Crippen molar-refractivity contribution in [2.24, 2.45) is 0 Å². The van der Waals surface area contributed by atoms with Gasteiger partial charge in [-0.25, -0.2) is 8.78 Å². The summed E-state index contributed by atoms with van der Waals surface area (Å²) in [6.45, 7) is 0. The number of benzene rings is 2. The predicted octanol–water partition coefficient (Wildman–Crippen LogP) is 5.67. The lowest BCUT2D eigenvalue weighted by molar-refractivity contribution is -0.0328. The van der Waals surface area contributed by atoms with Crippen molar-refractivity contribution in [2.75, 3.05) is 0 Å². The third-order valence-corrected chi connectivity index (χ3v) is 5.81. The minimum atomic E-state index is -0.903. The molecule has 0 bridgehead atoms. The van der Waals surface area contributed by atoms with Crippen LogP contribution in [-0.2, 0) is 0 Å². The molecular weight excluding hydrogens is 390 g/mol. The standard InChI is InChI=1S/C20H13ClF2N2OS/c21-12-4-6-18-13(9-12)17-10-16(19-2-1-7-27-19)24-25(17)20(26-18)11-3-5-14(22)15(23)8-11/h1-10,17,20,24H. The number of rotatable bonds is 2. The summed E-state index contributed by atoms with van der Waals surface area (Å²) in [6.07, 6.45) is 1.48. The first-order valence-corrected chi connectivity index (χ1v) is 9.57. The van der Waals surface area contributed by atoms with Crippen LogP contribution in [0.1, 0.15) is 28.3 Å². The Morgan fingerprint density at radius 3 is 2.74 bits per heavy atom. The molecule has 0 radical (unpaired) electrons. The number of nitrogens with one attached hydrogen (secondary N) is 1. The highest BCUT2D eigenvalue weighted by molar-refractivity contribution is 7.11. The smallest absolute Gasteiger partial charge is 0.196 e. The van der Waals surface area contributed by atoms with E-state index in [0.717, 1.165) is 22.2 Å². The van der Waals surface area contributed by atoms with Crippen LogP contribution in [0.5, 0.6) is 5.75 Å². The Hall–Kier alpha value is -2.41. The summed E-state index contributed by atoms with van der Waals surface area (Å²) in [7, 11) is 0. The second-order valence-electron chi connectivity index (χ2n) is 6.35. The Kier molecular flexibility index (Phi) is 3.93. The van der Waals surface area contributed by atoms with Gasteiger partial charge in [-0.3, -0.25) is 0 Å². The maximum Gasteiger partial charge on any atom is 0.196 e. The van der Waals surface area contributed by atoms with Crippen LogP contribution >= 0.6 is 22.9 Å². The van der Waals surface area contributed by atoms with Gasteiger partial charge >= 0.3 is 0 Å². The molecule has 2 aliphatic heterocycles. The molecule has 0 spiro atoms. The number of nitrogens with zero attached hydrogens (tertiary/aromatic N) is 1. The predicted molar refractivity (Wildman–Crippen MR) is 101 cm³/mol. The minimum Gasteiger partial charge on any atom is -0.469 e. The van der Waals surface area contributed by atoms with Crippen molar-refractivity contribution >= 4 is 28.6 Å². The van der Waals surface area contributed by atoms with E-state index in [0.29, 0.717) is 16.3 Å². The normalized spacial score (nSPS) is 21.1. The van der Waals surface area contributed by atoms with Crippen molar-refractivity contribution in [3.63, 3.8) is 0 Å². The Balaban J connectivity index is 1.61. The number of halogens is 3. The van der Waals surface area contributed by atoms with Crippen LogP contribution in [0.4, 0.5) is 8.78 Å². The van der Waals surface area contributed by atoms with Gasteiger partial charge in [0.25, 0.3) is 0 Å². The van der Waals surface area contributed by atoms with Gasteiger partial charge in [0.15, 0.2) is 17.9 Å². The lowest BCUT2D eigenvalue weighted by Gasteiger charge is -2.39. The van der Waals surface area contributed by atoms with Crippen molar-refractivity contribution in [1.29, 1.82) is 0 Å². The summed E-state index contributed by atoms with van der Waals surface area (Å²) in [5.74, 6) is -1.12. The maximum absolute atomic E-state index is 13.8. The van der Waals surface area contributed by atoms with Crippen molar-refractivity contribution < 1.29 is 13.5 Å². The molecule has 0 amide bonds. The number of hydrogen-bond donors (Lipinski definition) is 1. The molecule has 136 valence electrons. The first-order valence-electron chi connectivity index (χ1n) is 8.32. The molecule has 0 saturated heterocycles. The van der Waals surface area contributed by atoms with Gasteiger partial charge in [0, 0.05) is 16.1 Å². The van der Waals surface area contributed by atoms with E-state index in [1.807, 2.05) is 28.6 Å². The lowest BCUT2D eigenvalue weighted by atomic mass is 10.0. The molecular formula is C20H13ClF2N2OS. The molecule has 2 unspecified atom stereocenters. The molecule has 7 heteroatoms. The summed E-state index contributed by atoms with van der Waals surface area (Å²) >= 11 is 7.81. The van der Waals surface area contributed by atoms with Crippen molar-refractivity contribution in [3.05, 3.63) is 92.6 Å². The van der Waals surface area contributed by atoms with Crippen LogP contribution in [0.25, 0.3) is 5.70 Å². The van der Waals surface area contributed by atoms with E-state index in [9.17, 15) is 8.78 Å². The van der Waals surface area contributed by atoms with Crippen molar-refractivity contribution in [3.8, 4) is 5.75 Å². The molecule has 3 heterocycles. The Labute approximate surface area is 163 Å². The molecule has 1 aromatic heterocycles. The van der Waals surface area contributed by atoms with Crippen molar-refractivity contribution in [1.82, 2.24) is 10.4 Å². The highest BCUT2D eigenvalue weighted by atomic mass is 35.5. The van der Waals surface area contributed by atoms with E-state index in [1.165, 1.54) is 12.1 Å². The van der Waals surface area contributed by atoms with Gasteiger partial charge < -0.3 is 10.2 Å². The molecule has 27 heavy (non-hydrogen) atoms. The first-order chi connectivity index (χ1) is 13.1. The second kappa shape index (κ2) is 6.34. The monoisotopic (exact) mass is 402 g/mol. The van der Waals surface area contributed by atoms with Gasteiger partial charge in [-0.1, -0.05) is 23.7 Å². The third-order valence-electron chi connectivity index (χ3n) is 4.67. The zero-order valence-corrected chi connectivity index (χ0v) is 15.4. The first kappa shape index (κ1) is 16.7. The molecule has 0 saturated carbocycles. The van der Waals surface area contributed by atoms with E-state index in [1.54, 1.807) is 23.5 Å². The summed E-state index contributed by atoms with van der Waals surface area (Å²) in [4.78, 5) is 1.08. The molecule has 2 aromatic carbocycles. The summed E-state index contributed by atoms with van der Waals surface area (Å²) < 4.78 is 33.4. The van der Waals surface area contributed by atoms with E-state index in [2.05, 4.69) is 11.5 Å². The van der Waals surface area contributed by atoms with Crippen LogP contribution in [-0.4, -0.2) is 5.01 Å². The molecule has 2 atom stereocenters. The zero-order chi connectivity index (χ0) is 18.5. The Bertz CT molecular complexity index is 1050. The minimum absolute atomic E-state index is 0.150. The fourth-order valence-electron chi connectivity index (χ4n) is 3.43. The van der Waals surface area contributed by atoms with E-state index in [-0.39, 0.29) is 6.04 Å². The molecule has 0 fully saturated rings. The molecule has 5 rings (SSSR count). The molecule has 3 nitrogen and oxygen atoms in total. The van der Waals surface area contributed by atoms with E-state index >= 15 is 0 Å². The molecule has 3 aromatic rings. The van der Waals surface area contributed by atoms with Gasteiger partial charge in [-0.2, -0.15) is 5.01 Å². The third kappa shape index (κ3) is 2.81. The molecule has 2 aliphatic rings. The second-order valence-corrected chi connectivity index (χ2v) is 7.73. The quantitative estimate of drug-likeness (QED) is 0.597. The number of hydrogen-bond acceptors (Lipinski definition) is 4. The van der Waals surface area contributed by atoms with E-state index in [4.69, 9.17) is 16.3 Å². The summed E-state index contributed by atoms with van der Waals surface area (Å²) in [6, 6.07) is 13.1. The highest BCUT2D eigenvalue weighted by Gasteiger charge is 2.40. The number of thiophene rings is 1. The topological polar surface area (TPSA) is 24.5 Å². The SMILES string of the molecule is Fc1ccc(C2Oc3ccc(Cl)cc3C3C=C(c4cccs4)NN32)cc1F. The summed E-state index contributed by atoms with van der Waals surface area (Å²) in [5, 5.41) is 4.51. The van der Waals surface area contributed by atoms with Crippen molar-refractivity contribution in [2.45, 2.75) is 12.3 Å².